The molecule has 0 bridgehead atoms. The number of fused-ring (bicyclic) bond motifs is 5. The smallest absolute Gasteiger partial charge is 0.136 e. The van der Waals surface area contributed by atoms with E-state index >= 15 is 0 Å². The van der Waals surface area contributed by atoms with Crippen molar-refractivity contribution in [2.75, 3.05) is 0 Å². The Balaban J connectivity index is 1.35. The van der Waals surface area contributed by atoms with Crippen LogP contribution >= 0.6 is 0 Å². The van der Waals surface area contributed by atoms with Crippen LogP contribution in [-0.2, 0) is 0 Å². The molecule has 0 unspecified atom stereocenters. The first-order chi connectivity index (χ1) is 35.3. The second-order valence-electron chi connectivity index (χ2n) is 11.4. The molecule has 10 rings (SSSR count). The number of benzene rings is 9. The number of rotatable bonds is 5. The van der Waals surface area contributed by atoms with Gasteiger partial charge in [0.05, 0.1) is 32.9 Å². The molecule has 0 spiro atoms. The molecule has 1 nitrogen and oxygen atoms in total. The van der Waals surface area contributed by atoms with Crippen LogP contribution in [0.25, 0.3) is 99.1 Å². The number of furan rings is 1. The van der Waals surface area contributed by atoms with E-state index in [-0.39, 0.29) is 54.6 Å². The summed E-state index contributed by atoms with van der Waals surface area (Å²) in [5.74, 6) is 0. The van der Waals surface area contributed by atoms with Crippen LogP contribution in [0.2, 0.25) is 0 Å². The predicted octanol–water partition coefficient (Wildman–Crippen LogP) is 14.2. The topological polar surface area (TPSA) is 13.1 Å². The van der Waals surface area contributed by atoms with Gasteiger partial charge in [-0.3, -0.25) is 0 Å². The number of hydrogen-bond donors (Lipinski definition) is 0. The molecule has 0 aliphatic heterocycles. The Morgan fingerprint density at radius 3 is 1.45 bits per heavy atom. The largest absolute Gasteiger partial charge is 0.456 e. The van der Waals surface area contributed by atoms with Gasteiger partial charge in [0, 0.05) is 10.8 Å². The van der Waals surface area contributed by atoms with Crippen molar-refractivity contribution in [3.63, 3.8) is 0 Å². The van der Waals surface area contributed by atoms with Crippen molar-refractivity contribution in [3.8, 4) is 55.6 Å². The monoisotopic (exact) mass is 672 g/mol. The van der Waals surface area contributed by atoms with Gasteiger partial charge in [-0.1, -0.05) is 181 Å². The van der Waals surface area contributed by atoms with Crippen LogP contribution in [0.3, 0.4) is 0 Å². The lowest BCUT2D eigenvalue weighted by atomic mass is 9.83. The molecule has 0 fully saturated rings. The highest BCUT2D eigenvalue weighted by molar-refractivity contribution is 6.23. The Morgan fingerprint density at radius 1 is 0.314 bits per heavy atom. The molecule has 238 valence electrons. The highest BCUT2D eigenvalue weighted by atomic mass is 16.3. The van der Waals surface area contributed by atoms with E-state index < -0.39 is 190 Å². The van der Waals surface area contributed by atoms with Gasteiger partial charge < -0.3 is 4.42 Å². The number of hydrogen-bond acceptors (Lipinski definition) is 1. The Hall–Kier alpha value is -6.70. The zero-order chi connectivity index (χ0) is 54.6. The third-order valence-corrected chi connectivity index (χ3v) is 8.63. The van der Waals surface area contributed by atoms with Gasteiger partial charge in [0.15, 0.2) is 0 Å². The van der Waals surface area contributed by atoms with E-state index in [9.17, 15) is 9.60 Å². The standard InChI is InChI=1S/C50H32O/c1-2-15-33(16-3-1)36-17-4-5-18-37(36)34-29-31-35(32-30-34)48-41-21-8-10-23-43(41)49(44-24-11-9-22-42(44)48)39-20-7-6-19-38(39)40-26-14-28-47-50(40)45-25-12-13-27-46(45)51-47/h1-32H/i1D,2D,3D,4D,5D,6D,7D,12D,13D,14D,15D,16D,17D,18D,19D,20D,25D,26D,27D,28D,29D,30D,31D,32D. The lowest BCUT2D eigenvalue weighted by molar-refractivity contribution is 0.669. The fourth-order valence-corrected chi connectivity index (χ4v) is 6.53. The molecule has 1 heterocycles. The summed E-state index contributed by atoms with van der Waals surface area (Å²) in [4.78, 5) is 0. The SMILES string of the molecule is [2H]c1c([2H])c([2H])c(-c2c([2H])c([2H])c([2H])c([2H])c2-c2c([2H])c([2H])c(-c3c4ccccc4c(-c4c([2H])c([2H])c([2H])c([2H])c4-c4c([2H])c([2H])c([2H])c5oc6c([2H])c([2H])c([2H])c([2H])c6c45)c4ccccc34)c([2H])c2[2H])c([2H])c1[2H]. The van der Waals surface area contributed by atoms with E-state index in [0.717, 1.165) is 0 Å². The molecule has 0 saturated heterocycles. The highest BCUT2D eigenvalue weighted by Gasteiger charge is 2.21. The lowest BCUT2D eigenvalue weighted by Gasteiger charge is -2.20. The average Bonchev–Trinajstić information content (AvgIpc) is 3.80. The van der Waals surface area contributed by atoms with Gasteiger partial charge in [0.1, 0.15) is 11.2 Å². The molecule has 0 N–H and O–H groups in total. The summed E-state index contributed by atoms with van der Waals surface area (Å²) in [7, 11) is 0. The quantitative estimate of drug-likeness (QED) is 0.166. The summed E-state index contributed by atoms with van der Waals surface area (Å²) in [6.07, 6.45) is 0. The minimum atomic E-state index is -0.887. The Morgan fingerprint density at radius 2 is 0.784 bits per heavy atom. The zero-order valence-electron chi connectivity index (χ0n) is 50.0. The van der Waals surface area contributed by atoms with Gasteiger partial charge >= 0.3 is 0 Å². The molecule has 1 aromatic heterocycles. The van der Waals surface area contributed by atoms with Gasteiger partial charge in [-0.25, -0.2) is 0 Å². The molecule has 1 heteroatoms. The third-order valence-electron chi connectivity index (χ3n) is 8.63. The van der Waals surface area contributed by atoms with Crippen LogP contribution in [0.4, 0.5) is 0 Å². The van der Waals surface area contributed by atoms with Crippen molar-refractivity contribution in [3.05, 3.63) is 194 Å². The first-order valence-corrected chi connectivity index (χ1v) is 15.6. The van der Waals surface area contributed by atoms with Crippen molar-refractivity contribution in [1.29, 1.82) is 0 Å². The Bertz CT molecular complexity index is 4180. The van der Waals surface area contributed by atoms with Gasteiger partial charge in [0.25, 0.3) is 0 Å². The molecule has 0 atom stereocenters. The van der Waals surface area contributed by atoms with E-state index in [2.05, 4.69) is 0 Å². The van der Waals surface area contributed by atoms with E-state index in [1.807, 2.05) is 0 Å². The summed E-state index contributed by atoms with van der Waals surface area (Å²) >= 11 is 0. The zero-order valence-corrected chi connectivity index (χ0v) is 26.0. The molecule has 0 aliphatic carbocycles. The second kappa shape index (κ2) is 12.0. The molecule has 10 aromatic rings. The molecular weight excluding hydrogens is 617 g/mol. The third kappa shape index (κ3) is 4.78. The van der Waals surface area contributed by atoms with Crippen molar-refractivity contribution in [1.82, 2.24) is 0 Å². The summed E-state index contributed by atoms with van der Waals surface area (Å²) in [6, 6.07) is -6.06. The van der Waals surface area contributed by atoms with Crippen LogP contribution < -0.4 is 0 Å². The van der Waals surface area contributed by atoms with Crippen molar-refractivity contribution in [2.45, 2.75) is 0 Å². The molecular formula is C50H32O. The van der Waals surface area contributed by atoms with E-state index in [1.165, 1.54) is 0 Å². The summed E-state index contributed by atoms with van der Waals surface area (Å²) in [6.45, 7) is 0. The molecule has 51 heavy (non-hydrogen) atoms. The van der Waals surface area contributed by atoms with E-state index in [1.54, 1.807) is 48.5 Å². The summed E-state index contributed by atoms with van der Waals surface area (Å²) in [5, 5.41) is 0.131. The van der Waals surface area contributed by atoms with Crippen LogP contribution in [-0.4, -0.2) is 0 Å². The first kappa shape index (κ1) is 13.9. The highest BCUT2D eigenvalue weighted by Crippen LogP contribution is 2.48. The summed E-state index contributed by atoms with van der Waals surface area (Å²) in [5.41, 5.74) is -4.86. The Labute approximate surface area is 330 Å². The minimum Gasteiger partial charge on any atom is -0.456 e. The predicted molar refractivity (Wildman–Crippen MR) is 216 cm³/mol. The van der Waals surface area contributed by atoms with Crippen LogP contribution in [0.15, 0.2) is 198 Å². The van der Waals surface area contributed by atoms with Crippen molar-refractivity contribution >= 4 is 43.5 Å². The lowest BCUT2D eigenvalue weighted by Crippen LogP contribution is -1.93. The van der Waals surface area contributed by atoms with Gasteiger partial charge in [-0.15, -0.1) is 0 Å². The maximum absolute atomic E-state index is 9.66. The van der Waals surface area contributed by atoms with Gasteiger partial charge in [-0.05, 0) is 89.3 Å². The van der Waals surface area contributed by atoms with Crippen molar-refractivity contribution < 1.29 is 37.3 Å². The van der Waals surface area contributed by atoms with Crippen LogP contribution in [0, 0.1) is 0 Å². The Kier molecular flexibility index (Phi) is 3.27. The molecule has 0 aliphatic rings. The van der Waals surface area contributed by atoms with Gasteiger partial charge in [0.2, 0.25) is 0 Å². The maximum Gasteiger partial charge on any atom is 0.136 e. The molecule has 0 radical (unpaired) electrons. The fraction of sp³-hybridized carbons (Fsp3) is 0. The second-order valence-corrected chi connectivity index (χ2v) is 11.4. The minimum absolute atomic E-state index is 0.0593. The van der Waals surface area contributed by atoms with Crippen LogP contribution in [0.1, 0.15) is 32.9 Å². The molecule has 0 amide bonds. The van der Waals surface area contributed by atoms with Crippen LogP contribution in [0.5, 0.6) is 0 Å². The fourth-order valence-electron chi connectivity index (χ4n) is 6.53. The number of para-hydroxylation sites is 1. The van der Waals surface area contributed by atoms with E-state index in [0.29, 0.717) is 0 Å². The van der Waals surface area contributed by atoms with Crippen molar-refractivity contribution in [2.24, 2.45) is 0 Å². The molecule has 0 saturated carbocycles. The van der Waals surface area contributed by atoms with E-state index in [4.69, 9.17) is 27.7 Å². The average molecular weight is 673 g/mol. The maximum atomic E-state index is 9.66. The normalized spacial score (nSPS) is 18.1. The molecule has 9 aromatic carbocycles. The summed E-state index contributed by atoms with van der Waals surface area (Å²) < 4.78 is 220. The first-order valence-electron chi connectivity index (χ1n) is 27.6. The van der Waals surface area contributed by atoms with Gasteiger partial charge in [-0.2, -0.15) is 0 Å².